The molecule has 0 amide bonds. The summed E-state index contributed by atoms with van der Waals surface area (Å²) in [5.41, 5.74) is 0. The van der Waals surface area contributed by atoms with Gasteiger partial charge < -0.3 is 0 Å². The van der Waals surface area contributed by atoms with Crippen molar-refractivity contribution in [1.82, 2.24) is 4.90 Å². The lowest BCUT2D eigenvalue weighted by Crippen LogP contribution is -2.30. The molecule has 1 atom stereocenters. The third-order valence-electron chi connectivity index (χ3n) is 1.77. The number of carbonyl (C=O) groups is 1. The summed E-state index contributed by atoms with van der Waals surface area (Å²) in [5, 5.41) is 10.4. The molecule has 3 nitrogen and oxygen atoms in total. The average Bonchev–Trinajstić information content (AvgIpc) is 2.03. The zero-order valence-electron chi connectivity index (χ0n) is 7.87. The minimum Gasteiger partial charge on any atom is -0.292 e. The highest BCUT2D eigenvalue weighted by molar-refractivity contribution is 8.00. The maximum Gasteiger partial charge on any atom is 0.365 e. The topological polar surface area (TPSA) is 40.2 Å². The number of hydrogen-bond acceptors (Lipinski definition) is 3. The molecule has 0 aliphatic heterocycles. The number of carbonyl (C=O) groups excluding carboxylic acids is 1. The highest BCUT2D eigenvalue weighted by atomic mass is 32.2. The van der Waals surface area contributed by atoms with Gasteiger partial charge in [-0.25, -0.2) is 9.90 Å². The molecule has 0 aliphatic carbocycles. The average molecular weight is 190 g/mol. The second-order valence-corrected chi connectivity index (χ2v) is 3.81. The molecule has 0 fully saturated rings. The normalized spacial score (nSPS) is 13.3. The highest BCUT2D eigenvalue weighted by Crippen LogP contribution is 2.14. The second kappa shape index (κ2) is 6.31. The van der Waals surface area contributed by atoms with Crippen molar-refractivity contribution in [3.63, 3.8) is 0 Å². The molecule has 0 rings (SSSR count). The Morgan fingerprint density at radius 1 is 1.42 bits per heavy atom. The van der Waals surface area contributed by atoms with Gasteiger partial charge in [0.2, 0.25) is 0 Å². The Labute approximate surface area is 78.1 Å². The largest absolute Gasteiger partial charge is 0.365 e. The smallest absolute Gasteiger partial charge is 0.292 e. The summed E-state index contributed by atoms with van der Waals surface area (Å²) in [7, 11) is 0. The fourth-order valence-corrected chi connectivity index (χ4v) is 1.92. The van der Waals surface area contributed by atoms with E-state index in [1.165, 1.54) is 11.8 Å². The maximum absolute atomic E-state index is 10.2. The molecule has 0 spiro atoms. The van der Waals surface area contributed by atoms with Crippen molar-refractivity contribution in [3.05, 3.63) is 0 Å². The van der Waals surface area contributed by atoms with Crippen LogP contribution in [0.3, 0.4) is 0 Å². The standard InChI is InChI=1S/C8H16NO2S/c1-4-9(5-2)7(3)12-6-8(10)11/h7H,4-6H2,1-3H3. The van der Waals surface area contributed by atoms with Gasteiger partial charge in [0.15, 0.2) is 0 Å². The van der Waals surface area contributed by atoms with E-state index < -0.39 is 5.97 Å². The van der Waals surface area contributed by atoms with E-state index in [2.05, 4.69) is 18.7 Å². The molecule has 0 saturated carbocycles. The first-order chi connectivity index (χ1) is 5.61. The van der Waals surface area contributed by atoms with Crippen LogP contribution in [0.1, 0.15) is 20.8 Å². The van der Waals surface area contributed by atoms with Crippen molar-refractivity contribution in [1.29, 1.82) is 0 Å². The van der Waals surface area contributed by atoms with Gasteiger partial charge in [0.05, 0.1) is 11.1 Å². The fourth-order valence-electron chi connectivity index (χ4n) is 1.03. The van der Waals surface area contributed by atoms with Crippen LogP contribution in [0.25, 0.3) is 0 Å². The molecule has 1 radical (unpaired) electrons. The first kappa shape index (κ1) is 11.8. The van der Waals surface area contributed by atoms with Crippen LogP contribution in [0.2, 0.25) is 0 Å². The van der Waals surface area contributed by atoms with Crippen molar-refractivity contribution in [2.45, 2.75) is 26.1 Å². The monoisotopic (exact) mass is 190 g/mol. The Hall–Kier alpha value is -0.220. The zero-order chi connectivity index (χ0) is 9.56. The van der Waals surface area contributed by atoms with Gasteiger partial charge in [-0.15, -0.1) is 11.8 Å². The molecule has 0 saturated heterocycles. The van der Waals surface area contributed by atoms with Crippen LogP contribution >= 0.6 is 11.8 Å². The van der Waals surface area contributed by atoms with E-state index in [1.807, 2.05) is 6.92 Å². The van der Waals surface area contributed by atoms with E-state index >= 15 is 0 Å². The minimum atomic E-state index is -0.987. The van der Waals surface area contributed by atoms with Gasteiger partial charge in [-0.1, -0.05) is 13.8 Å². The summed E-state index contributed by atoms with van der Waals surface area (Å²) < 4.78 is 0. The molecule has 71 valence electrons. The first-order valence-corrected chi connectivity index (χ1v) is 5.22. The maximum atomic E-state index is 10.2. The summed E-state index contributed by atoms with van der Waals surface area (Å²) in [6.45, 7) is 8.06. The Kier molecular flexibility index (Phi) is 6.20. The first-order valence-electron chi connectivity index (χ1n) is 4.17. The van der Waals surface area contributed by atoms with Gasteiger partial charge in [0, 0.05) is 0 Å². The van der Waals surface area contributed by atoms with E-state index in [1.54, 1.807) is 0 Å². The molecule has 0 heterocycles. The van der Waals surface area contributed by atoms with Crippen LogP contribution < -0.4 is 0 Å². The van der Waals surface area contributed by atoms with Gasteiger partial charge in [0.25, 0.3) is 0 Å². The third-order valence-corrected chi connectivity index (χ3v) is 2.95. The van der Waals surface area contributed by atoms with E-state index in [-0.39, 0.29) is 11.1 Å². The van der Waals surface area contributed by atoms with Crippen LogP contribution in [-0.4, -0.2) is 35.1 Å². The molecule has 0 aromatic rings. The number of thioether (sulfide) groups is 1. The van der Waals surface area contributed by atoms with Crippen molar-refractivity contribution in [2.75, 3.05) is 18.8 Å². The van der Waals surface area contributed by atoms with Crippen LogP contribution in [-0.2, 0) is 9.90 Å². The van der Waals surface area contributed by atoms with Crippen LogP contribution in [0, 0.1) is 0 Å². The summed E-state index contributed by atoms with van der Waals surface area (Å²) >= 11 is 1.41. The third kappa shape index (κ3) is 4.62. The van der Waals surface area contributed by atoms with E-state index in [0.717, 1.165) is 13.1 Å². The van der Waals surface area contributed by atoms with Gasteiger partial charge in [-0.3, -0.25) is 4.90 Å². The molecular weight excluding hydrogens is 174 g/mol. The summed E-state index contributed by atoms with van der Waals surface area (Å²) in [6, 6.07) is 0. The Bertz CT molecular complexity index is 137. The van der Waals surface area contributed by atoms with Gasteiger partial charge >= 0.3 is 5.97 Å². The SMILES string of the molecule is CCN(CC)C(C)SCC([O])=O. The van der Waals surface area contributed by atoms with Crippen LogP contribution in [0.4, 0.5) is 0 Å². The lowest BCUT2D eigenvalue weighted by atomic mass is 10.5. The van der Waals surface area contributed by atoms with E-state index in [0.29, 0.717) is 0 Å². The van der Waals surface area contributed by atoms with Crippen molar-refractivity contribution >= 4 is 17.7 Å². The highest BCUT2D eigenvalue weighted by Gasteiger charge is 2.12. The summed E-state index contributed by atoms with van der Waals surface area (Å²) in [4.78, 5) is 12.4. The Morgan fingerprint density at radius 3 is 2.25 bits per heavy atom. The van der Waals surface area contributed by atoms with Gasteiger partial charge in [-0.05, 0) is 20.0 Å². The molecular formula is C8H16NO2S. The predicted molar refractivity (Wildman–Crippen MR) is 50.5 cm³/mol. The zero-order valence-corrected chi connectivity index (χ0v) is 8.69. The quantitative estimate of drug-likeness (QED) is 0.594. The molecule has 0 aromatic carbocycles. The van der Waals surface area contributed by atoms with Crippen molar-refractivity contribution < 1.29 is 9.90 Å². The van der Waals surface area contributed by atoms with Gasteiger partial charge in [-0.2, -0.15) is 0 Å². The Morgan fingerprint density at radius 2 is 1.92 bits per heavy atom. The van der Waals surface area contributed by atoms with Crippen molar-refractivity contribution in [2.24, 2.45) is 0 Å². The number of hydrogen-bond donors (Lipinski definition) is 0. The fraction of sp³-hybridized carbons (Fsp3) is 0.875. The second-order valence-electron chi connectivity index (χ2n) is 2.50. The predicted octanol–water partition coefficient (Wildman–Crippen LogP) is 1.36. The minimum absolute atomic E-state index is 0.0810. The molecule has 0 aromatic heterocycles. The van der Waals surface area contributed by atoms with E-state index in [9.17, 15) is 9.90 Å². The van der Waals surface area contributed by atoms with E-state index in [4.69, 9.17) is 0 Å². The van der Waals surface area contributed by atoms with Crippen molar-refractivity contribution in [3.8, 4) is 0 Å². The van der Waals surface area contributed by atoms with Gasteiger partial charge in [0.1, 0.15) is 0 Å². The van der Waals surface area contributed by atoms with Crippen LogP contribution in [0.5, 0.6) is 0 Å². The number of rotatable bonds is 6. The van der Waals surface area contributed by atoms with Crippen LogP contribution in [0.15, 0.2) is 0 Å². The lowest BCUT2D eigenvalue weighted by Gasteiger charge is -2.24. The number of nitrogens with zero attached hydrogens (tertiary/aromatic N) is 1. The summed E-state index contributed by atoms with van der Waals surface area (Å²) in [5.74, 6) is -0.906. The molecule has 4 heteroatoms. The molecule has 0 N–H and O–H groups in total. The lowest BCUT2D eigenvalue weighted by molar-refractivity contribution is -0.139. The molecule has 0 aliphatic rings. The Balaban J connectivity index is 3.68. The molecule has 1 unspecified atom stereocenters. The molecule has 0 bridgehead atoms. The molecule has 12 heavy (non-hydrogen) atoms. The summed E-state index contributed by atoms with van der Waals surface area (Å²) in [6.07, 6.45) is 0.